The van der Waals surface area contributed by atoms with Crippen molar-refractivity contribution in [1.29, 1.82) is 0 Å². The van der Waals surface area contributed by atoms with Gasteiger partial charge in [0.1, 0.15) is 6.04 Å². The van der Waals surface area contributed by atoms with E-state index in [4.69, 9.17) is 5.11 Å². The summed E-state index contributed by atoms with van der Waals surface area (Å²) in [5.74, 6) is -1.26. The lowest BCUT2D eigenvalue weighted by molar-refractivity contribution is -0.139. The van der Waals surface area contributed by atoms with Crippen molar-refractivity contribution in [3.8, 4) is 0 Å². The molecule has 0 bridgehead atoms. The predicted octanol–water partition coefficient (Wildman–Crippen LogP) is 2.19. The summed E-state index contributed by atoms with van der Waals surface area (Å²) in [6.45, 7) is 3.67. The number of H-pyrrole nitrogens is 1. The molecular formula is C12H16F2N4O2. The van der Waals surface area contributed by atoms with Crippen molar-refractivity contribution >= 4 is 5.97 Å². The molecule has 0 saturated carbocycles. The quantitative estimate of drug-likeness (QED) is 0.902. The molecule has 8 heteroatoms. The lowest BCUT2D eigenvalue weighted by Gasteiger charge is -2.13. The van der Waals surface area contributed by atoms with Crippen LogP contribution in [-0.2, 0) is 4.79 Å². The summed E-state index contributed by atoms with van der Waals surface area (Å²) in [5, 5.41) is 18.5. The zero-order valence-corrected chi connectivity index (χ0v) is 11.1. The SMILES string of the molecule is Cc1ccn[nH]1.Cc1cnn(C(CC(=O)O)C(F)F)c1. The van der Waals surface area contributed by atoms with E-state index >= 15 is 0 Å². The van der Waals surface area contributed by atoms with E-state index in [1.54, 1.807) is 13.1 Å². The fourth-order valence-electron chi connectivity index (χ4n) is 1.42. The molecule has 1 atom stereocenters. The Kier molecular flexibility index (Phi) is 5.82. The Balaban J connectivity index is 0.000000276. The minimum absolute atomic E-state index is 0.626. The van der Waals surface area contributed by atoms with Crippen molar-refractivity contribution in [1.82, 2.24) is 20.0 Å². The predicted molar refractivity (Wildman–Crippen MR) is 67.6 cm³/mol. The van der Waals surface area contributed by atoms with Gasteiger partial charge >= 0.3 is 5.97 Å². The highest BCUT2D eigenvalue weighted by atomic mass is 19.3. The summed E-state index contributed by atoms with van der Waals surface area (Å²) in [6, 6.07) is 0.529. The standard InChI is InChI=1S/C8H10F2N2O2.C4H6N2/c1-5-3-11-12(4-5)6(8(9)10)2-7(13)14;1-4-2-3-5-6-4/h3-4,6,8H,2H2,1H3,(H,13,14);2-3H,1H3,(H,5,6). The molecule has 0 spiro atoms. The summed E-state index contributed by atoms with van der Waals surface area (Å²) >= 11 is 0. The average Bonchev–Trinajstić information content (AvgIpc) is 2.98. The smallest absolute Gasteiger partial charge is 0.305 e. The lowest BCUT2D eigenvalue weighted by Crippen LogP contribution is -2.21. The average molecular weight is 286 g/mol. The second-order valence-corrected chi connectivity index (χ2v) is 4.24. The van der Waals surface area contributed by atoms with E-state index in [9.17, 15) is 13.6 Å². The van der Waals surface area contributed by atoms with Crippen LogP contribution in [0.3, 0.4) is 0 Å². The highest BCUT2D eigenvalue weighted by Crippen LogP contribution is 2.19. The molecule has 0 aliphatic heterocycles. The summed E-state index contributed by atoms with van der Waals surface area (Å²) in [5.41, 5.74) is 1.83. The van der Waals surface area contributed by atoms with E-state index < -0.39 is 24.9 Å². The number of carbonyl (C=O) groups is 1. The number of hydrogen-bond acceptors (Lipinski definition) is 3. The highest BCUT2D eigenvalue weighted by Gasteiger charge is 2.25. The van der Waals surface area contributed by atoms with Gasteiger partial charge in [-0.05, 0) is 25.5 Å². The van der Waals surface area contributed by atoms with Crippen molar-refractivity contribution in [2.75, 3.05) is 0 Å². The van der Waals surface area contributed by atoms with Gasteiger partial charge in [-0.25, -0.2) is 8.78 Å². The Morgan fingerprint density at radius 1 is 1.50 bits per heavy atom. The Labute approximate surface area is 114 Å². The molecular weight excluding hydrogens is 270 g/mol. The second kappa shape index (κ2) is 7.37. The maximum absolute atomic E-state index is 12.4. The molecule has 0 fully saturated rings. The van der Waals surface area contributed by atoms with Crippen LogP contribution in [0.1, 0.15) is 23.7 Å². The van der Waals surface area contributed by atoms with Gasteiger partial charge in [0.05, 0.1) is 12.6 Å². The zero-order chi connectivity index (χ0) is 15.1. The number of aromatic amines is 1. The van der Waals surface area contributed by atoms with Gasteiger partial charge < -0.3 is 5.11 Å². The second-order valence-electron chi connectivity index (χ2n) is 4.24. The first-order valence-corrected chi connectivity index (χ1v) is 5.87. The van der Waals surface area contributed by atoms with Crippen LogP contribution in [0, 0.1) is 13.8 Å². The molecule has 6 nitrogen and oxygen atoms in total. The molecule has 0 saturated heterocycles. The number of aromatic nitrogens is 4. The number of aryl methyl sites for hydroxylation is 2. The maximum Gasteiger partial charge on any atom is 0.305 e. The Bertz CT molecular complexity index is 525. The van der Waals surface area contributed by atoms with Crippen LogP contribution >= 0.6 is 0 Å². The summed E-state index contributed by atoms with van der Waals surface area (Å²) in [4.78, 5) is 10.3. The monoisotopic (exact) mass is 286 g/mol. The van der Waals surface area contributed by atoms with Gasteiger partial charge in [-0.15, -0.1) is 0 Å². The van der Waals surface area contributed by atoms with Gasteiger partial charge in [0, 0.05) is 18.1 Å². The van der Waals surface area contributed by atoms with Gasteiger partial charge in [-0.2, -0.15) is 10.2 Å². The van der Waals surface area contributed by atoms with Gasteiger partial charge in [-0.1, -0.05) is 0 Å². The summed E-state index contributed by atoms with van der Waals surface area (Å²) in [7, 11) is 0. The number of nitrogens with one attached hydrogen (secondary N) is 1. The van der Waals surface area contributed by atoms with Gasteiger partial charge in [0.2, 0.25) is 0 Å². The molecule has 0 aliphatic rings. The number of nitrogens with zero attached hydrogens (tertiary/aromatic N) is 3. The number of alkyl halides is 2. The highest BCUT2D eigenvalue weighted by molar-refractivity contribution is 5.67. The maximum atomic E-state index is 12.4. The van der Waals surface area contributed by atoms with E-state index in [1.807, 2.05) is 13.0 Å². The van der Waals surface area contributed by atoms with Crippen LogP contribution in [0.2, 0.25) is 0 Å². The first-order valence-electron chi connectivity index (χ1n) is 5.87. The molecule has 2 heterocycles. The Morgan fingerprint density at radius 3 is 2.50 bits per heavy atom. The Hall–Kier alpha value is -2.25. The fraction of sp³-hybridized carbons (Fsp3) is 0.417. The van der Waals surface area contributed by atoms with Gasteiger partial charge in [0.15, 0.2) is 0 Å². The minimum atomic E-state index is -2.73. The third kappa shape index (κ3) is 5.17. The first kappa shape index (κ1) is 15.8. The summed E-state index contributed by atoms with van der Waals surface area (Å²) in [6.07, 6.45) is 1.19. The minimum Gasteiger partial charge on any atom is -0.481 e. The van der Waals surface area contributed by atoms with E-state index in [1.165, 1.54) is 12.4 Å². The van der Waals surface area contributed by atoms with Crippen LogP contribution in [0.4, 0.5) is 8.78 Å². The molecule has 0 radical (unpaired) electrons. The molecule has 20 heavy (non-hydrogen) atoms. The molecule has 0 amide bonds. The normalized spacial score (nSPS) is 11.8. The van der Waals surface area contributed by atoms with Crippen molar-refractivity contribution < 1.29 is 18.7 Å². The van der Waals surface area contributed by atoms with E-state index in [0.29, 0.717) is 0 Å². The van der Waals surface area contributed by atoms with Gasteiger partial charge in [-0.3, -0.25) is 14.6 Å². The number of aliphatic carboxylic acids is 1. The van der Waals surface area contributed by atoms with Crippen molar-refractivity contribution in [3.05, 3.63) is 35.9 Å². The van der Waals surface area contributed by atoms with Crippen LogP contribution in [0.5, 0.6) is 0 Å². The lowest BCUT2D eigenvalue weighted by atomic mass is 10.2. The van der Waals surface area contributed by atoms with Crippen molar-refractivity contribution in [2.45, 2.75) is 32.7 Å². The zero-order valence-electron chi connectivity index (χ0n) is 11.1. The van der Waals surface area contributed by atoms with Crippen LogP contribution < -0.4 is 0 Å². The van der Waals surface area contributed by atoms with E-state index in [2.05, 4.69) is 15.3 Å². The molecule has 2 aromatic heterocycles. The molecule has 2 rings (SSSR count). The van der Waals surface area contributed by atoms with Crippen molar-refractivity contribution in [3.63, 3.8) is 0 Å². The van der Waals surface area contributed by atoms with Crippen LogP contribution in [-0.4, -0.2) is 37.5 Å². The fourth-order valence-corrected chi connectivity index (χ4v) is 1.42. The topological polar surface area (TPSA) is 83.8 Å². The number of rotatable bonds is 4. The van der Waals surface area contributed by atoms with Crippen LogP contribution in [0.15, 0.2) is 24.7 Å². The molecule has 2 N–H and O–H groups in total. The first-order chi connectivity index (χ1) is 9.40. The largest absolute Gasteiger partial charge is 0.481 e. The number of carboxylic acid groups (broad SMARTS) is 1. The number of carboxylic acids is 1. The third-order valence-corrected chi connectivity index (χ3v) is 2.38. The molecule has 1 unspecified atom stereocenters. The van der Waals surface area contributed by atoms with Gasteiger partial charge in [0.25, 0.3) is 6.43 Å². The third-order valence-electron chi connectivity index (χ3n) is 2.38. The number of hydrogen-bond donors (Lipinski definition) is 2. The van der Waals surface area contributed by atoms with E-state index in [0.717, 1.165) is 15.9 Å². The summed E-state index contributed by atoms with van der Waals surface area (Å²) < 4.78 is 25.9. The number of halogens is 2. The molecule has 110 valence electrons. The van der Waals surface area contributed by atoms with E-state index in [-0.39, 0.29) is 0 Å². The molecule has 0 aromatic carbocycles. The molecule has 2 aromatic rings. The van der Waals surface area contributed by atoms with Crippen molar-refractivity contribution in [2.24, 2.45) is 0 Å². The Morgan fingerprint density at radius 2 is 2.20 bits per heavy atom. The molecule has 0 aliphatic carbocycles. The van der Waals surface area contributed by atoms with Crippen LogP contribution in [0.25, 0.3) is 0 Å².